The zero-order chi connectivity index (χ0) is 13.0. The molecular weight excluding hydrogens is 286 g/mol. The van der Waals surface area contributed by atoms with Gasteiger partial charge in [0, 0.05) is 12.1 Å². The first-order valence-corrected chi connectivity index (χ1v) is 8.21. The minimum Gasteiger partial charge on any atom is -0.370 e. The third kappa shape index (κ3) is 3.12. The Balaban J connectivity index is 2.20. The van der Waals surface area contributed by atoms with E-state index in [1.807, 2.05) is 20.1 Å². The molecule has 0 amide bonds. The smallest absolute Gasteiger partial charge is 0.181 e. The highest BCUT2D eigenvalue weighted by Crippen LogP contribution is 2.34. The normalized spacial score (nSPS) is 10.6. The average Bonchev–Trinajstić information content (AvgIpc) is 2.82. The van der Waals surface area contributed by atoms with Crippen LogP contribution in [0.1, 0.15) is 12.5 Å². The zero-order valence-corrected chi connectivity index (χ0v) is 12.7. The Morgan fingerprint density at radius 2 is 2.06 bits per heavy atom. The molecule has 2 aromatic heterocycles. The quantitative estimate of drug-likeness (QED) is 0.672. The summed E-state index contributed by atoms with van der Waals surface area (Å²) in [7, 11) is 0. The van der Waals surface area contributed by atoms with E-state index in [0.29, 0.717) is 0 Å². The topological polar surface area (TPSA) is 63.6 Å². The van der Waals surface area contributed by atoms with Crippen molar-refractivity contribution in [2.24, 2.45) is 0 Å². The molecule has 5 nitrogen and oxygen atoms in total. The lowest BCUT2D eigenvalue weighted by Crippen LogP contribution is -2.03. The lowest BCUT2D eigenvalue weighted by atomic mass is 10.3. The maximum Gasteiger partial charge on any atom is 0.181 e. The highest BCUT2D eigenvalue weighted by Gasteiger charge is 2.11. The molecule has 0 aliphatic carbocycles. The predicted molar refractivity (Wildman–Crippen MR) is 76.7 cm³/mol. The van der Waals surface area contributed by atoms with Crippen molar-refractivity contribution < 1.29 is 0 Å². The van der Waals surface area contributed by atoms with E-state index < -0.39 is 0 Å². The molecule has 0 aromatic carbocycles. The van der Waals surface area contributed by atoms with Gasteiger partial charge in [0.2, 0.25) is 0 Å². The number of nitrogens with one attached hydrogen (secondary N) is 1. The summed E-state index contributed by atoms with van der Waals surface area (Å²) < 4.78 is 1.87. The molecule has 0 spiro atoms. The fourth-order valence-corrected chi connectivity index (χ4v) is 3.69. The van der Waals surface area contributed by atoms with Crippen LogP contribution in [0.2, 0.25) is 0 Å². The molecule has 8 heteroatoms. The van der Waals surface area contributed by atoms with E-state index in [0.717, 1.165) is 31.6 Å². The van der Waals surface area contributed by atoms with Gasteiger partial charge in [-0.2, -0.15) is 0 Å². The molecule has 0 atom stereocenters. The Labute approximate surface area is 118 Å². The Kier molecular flexibility index (Phi) is 4.79. The van der Waals surface area contributed by atoms with Crippen molar-refractivity contribution in [3.05, 3.63) is 11.9 Å². The minimum atomic E-state index is 0.845. The summed E-state index contributed by atoms with van der Waals surface area (Å²) in [6.45, 7) is 4.90. The van der Waals surface area contributed by atoms with E-state index in [2.05, 4.69) is 25.5 Å². The van der Waals surface area contributed by atoms with Gasteiger partial charge in [0.05, 0.1) is 0 Å². The molecule has 0 fully saturated rings. The number of hydrogen-bond acceptors (Lipinski definition) is 8. The van der Waals surface area contributed by atoms with Gasteiger partial charge in [-0.3, -0.25) is 0 Å². The summed E-state index contributed by atoms with van der Waals surface area (Å²) in [6.07, 6.45) is 3.57. The molecule has 2 heterocycles. The van der Waals surface area contributed by atoms with Crippen LogP contribution in [0.3, 0.4) is 0 Å². The van der Waals surface area contributed by atoms with Crippen molar-refractivity contribution in [2.75, 3.05) is 18.1 Å². The van der Waals surface area contributed by atoms with E-state index in [1.54, 1.807) is 29.4 Å². The van der Waals surface area contributed by atoms with Crippen LogP contribution < -0.4 is 5.32 Å². The summed E-state index contributed by atoms with van der Waals surface area (Å²) in [4.78, 5) is 8.51. The van der Waals surface area contributed by atoms with Crippen molar-refractivity contribution >= 4 is 40.7 Å². The molecule has 0 bridgehead atoms. The molecule has 18 heavy (non-hydrogen) atoms. The molecule has 0 aliphatic rings. The maximum atomic E-state index is 4.30. The predicted octanol–water partition coefficient (Wildman–Crippen LogP) is 2.94. The second-order valence-corrected chi connectivity index (χ2v) is 6.59. The SMILES string of the molecule is CCNc1ncnc(Sc2nnc(SC)s2)c1C. The van der Waals surface area contributed by atoms with E-state index in [4.69, 9.17) is 0 Å². The number of anilines is 1. The summed E-state index contributed by atoms with van der Waals surface area (Å²) in [6, 6.07) is 0. The van der Waals surface area contributed by atoms with E-state index in [9.17, 15) is 0 Å². The van der Waals surface area contributed by atoms with Crippen molar-refractivity contribution in [1.29, 1.82) is 0 Å². The Morgan fingerprint density at radius 3 is 2.72 bits per heavy atom. The Bertz CT molecular complexity index is 528. The standard InChI is InChI=1S/C10H13N5S3/c1-4-11-7-6(2)8(13-5-12-7)17-10-15-14-9(16-3)18-10/h5H,4H2,1-3H3,(H,11,12,13). The maximum absolute atomic E-state index is 4.30. The molecule has 0 saturated carbocycles. The van der Waals surface area contributed by atoms with Crippen molar-refractivity contribution in [3.63, 3.8) is 0 Å². The van der Waals surface area contributed by atoms with Crippen LogP contribution >= 0.6 is 34.9 Å². The van der Waals surface area contributed by atoms with E-state index in [1.165, 1.54) is 11.8 Å². The van der Waals surface area contributed by atoms with Crippen LogP contribution in [0.25, 0.3) is 0 Å². The molecule has 96 valence electrons. The van der Waals surface area contributed by atoms with Gasteiger partial charge in [-0.05, 0) is 31.9 Å². The number of rotatable bonds is 5. The van der Waals surface area contributed by atoms with Gasteiger partial charge in [-0.1, -0.05) is 23.1 Å². The summed E-state index contributed by atoms with van der Waals surface area (Å²) in [5.41, 5.74) is 1.05. The average molecular weight is 299 g/mol. The lowest BCUT2D eigenvalue weighted by molar-refractivity contribution is 0.947. The van der Waals surface area contributed by atoms with Gasteiger partial charge in [0.25, 0.3) is 0 Å². The van der Waals surface area contributed by atoms with E-state index in [-0.39, 0.29) is 0 Å². The van der Waals surface area contributed by atoms with Crippen LogP contribution in [0, 0.1) is 6.92 Å². The minimum absolute atomic E-state index is 0.845. The molecule has 1 N–H and O–H groups in total. The van der Waals surface area contributed by atoms with Gasteiger partial charge in [0.15, 0.2) is 8.68 Å². The Morgan fingerprint density at radius 1 is 1.28 bits per heavy atom. The summed E-state index contributed by atoms with van der Waals surface area (Å²) >= 11 is 4.71. The van der Waals surface area contributed by atoms with E-state index >= 15 is 0 Å². The zero-order valence-electron chi connectivity index (χ0n) is 10.3. The van der Waals surface area contributed by atoms with Crippen LogP contribution in [-0.4, -0.2) is 33.0 Å². The van der Waals surface area contributed by atoms with Crippen molar-refractivity contribution in [3.8, 4) is 0 Å². The molecule has 0 saturated heterocycles. The van der Waals surface area contributed by atoms with Gasteiger partial charge in [-0.15, -0.1) is 10.2 Å². The molecule has 0 radical (unpaired) electrons. The molecule has 2 rings (SSSR count). The molecule has 2 aromatic rings. The number of hydrogen-bond donors (Lipinski definition) is 1. The third-order valence-corrected chi connectivity index (χ3v) is 5.18. The largest absolute Gasteiger partial charge is 0.370 e. The number of aromatic nitrogens is 4. The van der Waals surface area contributed by atoms with Crippen molar-refractivity contribution in [2.45, 2.75) is 27.6 Å². The van der Waals surface area contributed by atoms with Crippen LogP contribution in [0.4, 0.5) is 5.82 Å². The van der Waals surface area contributed by atoms with Crippen LogP contribution in [0.15, 0.2) is 20.0 Å². The van der Waals surface area contributed by atoms with Gasteiger partial charge >= 0.3 is 0 Å². The number of thioether (sulfide) groups is 1. The fraction of sp³-hybridized carbons (Fsp3) is 0.400. The fourth-order valence-electron chi connectivity index (χ4n) is 1.29. The second kappa shape index (κ2) is 6.35. The lowest BCUT2D eigenvalue weighted by Gasteiger charge is -2.08. The number of nitrogens with zero attached hydrogens (tertiary/aromatic N) is 4. The van der Waals surface area contributed by atoms with Gasteiger partial charge in [0.1, 0.15) is 17.2 Å². The third-order valence-electron chi connectivity index (χ3n) is 2.13. The monoisotopic (exact) mass is 299 g/mol. The van der Waals surface area contributed by atoms with Crippen molar-refractivity contribution in [1.82, 2.24) is 20.2 Å². The Hall–Kier alpha value is -0.860. The van der Waals surface area contributed by atoms with Gasteiger partial charge in [-0.25, -0.2) is 9.97 Å². The highest BCUT2D eigenvalue weighted by atomic mass is 32.2. The van der Waals surface area contributed by atoms with Gasteiger partial charge < -0.3 is 5.32 Å². The molecular formula is C10H13N5S3. The first-order valence-electron chi connectivity index (χ1n) is 5.35. The highest BCUT2D eigenvalue weighted by molar-refractivity contribution is 8.03. The molecule has 0 aliphatic heterocycles. The second-order valence-electron chi connectivity index (χ2n) is 3.32. The summed E-state index contributed by atoms with van der Waals surface area (Å²) in [5, 5.41) is 12.3. The first-order chi connectivity index (χ1) is 8.74. The first kappa shape index (κ1) is 13.6. The van der Waals surface area contributed by atoms with Crippen LogP contribution in [-0.2, 0) is 0 Å². The summed E-state index contributed by atoms with van der Waals surface area (Å²) in [5.74, 6) is 0.879. The molecule has 0 unspecified atom stereocenters. The van der Waals surface area contributed by atoms with Crippen LogP contribution in [0.5, 0.6) is 0 Å².